The van der Waals surface area contributed by atoms with Gasteiger partial charge in [-0.2, -0.15) is 0 Å². The standard InChI is InChI=1S/H6NSi2.Sb.2H/c2-1-3;;;/h2-3H3;;;/q-1;+1;;. The van der Waals surface area contributed by atoms with E-state index in [1.807, 2.05) is 0 Å². The van der Waals surface area contributed by atoms with Gasteiger partial charge in [0.1, 0.15) is 0 Å². The van der Waals surface area contributed by atoms with Gasteiger partial charge in [0.2, 0.25) is 0 Å². The molecule has 0 saturated carbocycles. The van der Waals surface area contributed by atoms with Crippen LogP contribution in [0.3, 0.4) is 0 Å². The van der Waals surface area contributed by atoms with Crippen molar-refractivity contribution in [2.45, 2.75) is 0 Å². The van der Waals surface area contributed by atoms with Crippen LogP contribution in [0.15, 0.2) is 0 Å². The second-order valence-corrected chi connectivity index (χ2v) is 14.4. The first-order valence-electron chi connectivity index (χ1n) is 1.15. The zero-order chi connectivity index (χ0) is 3.58. The van der Waals surface area contributed by atoms with Crippen LogP contribution >= 0.6 is 0 Å². The Morgan fingerprint density at radius 1 is 1.50 bits per heavy atom. The van der Waals surface area contributed by atoms with Gasteiger partial charge in [-0.25, -0.2) is 0 Å². The molecule has 1 nitrogen and oxygen atoms in total. The van der Waals surface area contributed by atoms with Gasteiger partial charge >= 0.3 is 46.5 Å². The molecule has 0 heterocycles. The molecule has 0 bridgehead atoms. The summed E-state index contributed by atoms with van der Waals surface area (Å²) in [6.45, 7) is 0. The van der Waals surface area contributed by atoms with E-state index in [9.17, 15) is 0 Å². The third-order valence-corrected chi connectivity index (χ3v) is 0. The third kappa shape index (κ3) is 10.7. The van der Waals surface area contributed by atoms with Crippen molar-refractivity contribution in [2.75, 3.05) is 0 Å². The molecule has 0 fully saturated rings. The molecule has 0 spiro atoms. The van der Waals surface area contributed by atoms with Crippen LogP contribution in [0.25, 0.3) is 0 Å². The zero-order valence-electron chi connectivity index (χ0n) is 3.02. The van der Waals surface area contributed by atoms with Crippen molar-refractivity contribution in [3.05, 3.63) is 0 Å². The molecule has 0 aromatic heterocycles. The number of hydrogen-bond donors (Lipinski definition) is 0. The SMILES string of the molecule is [SiH3][N]([SiH3])[SbH2]. The van der Waals surface area contributed by atoms with Gasteiger partial charge < -0.3 is 0 Å². The first kappa shape index (κ1) is 5.21. The Hall–Kier alpha value is 1.21. The normalized spacial score (nSPS) is 10.5. The maximum absolute atomic E-state index is 2.41. The molecule has 0 aliphatic heterocycles. The Bertz CT molecular complexity index is 10.8. The molecule has 0 amide bonds. The molecule has 0 saturated heterocycles. The topological polar surface area (TPSA) is 3.24 Å². The van der Waals surface area contributed by atoms with Crippen LogP contribution in [-0.4, -0.2) is 46.5 Å². The fourth-order valence-electron chi connectivity index (χ4n) is 0. The molecule has 4 heteroatoms. The number of hydrogen-bond acceptors (Lipinski definition) is 1. The van der Waals surface area contributed by atoms with Crippen molar-refractivity contribution in [3.8, 4) is 0 Å². The monoisotopic (exact) mass is 199 g/mol. The molecule has 0 unspecified atom stereocenters. The fraction of sp³-hybridized carbons (Fsp3) is 0. The molecule has 0 aliphatic rings. The first-order valence-corrected chi connectivity index (χ1v) is 4.42. The summed E-state index contributed by atoms with van der Waals surface area (Å²) < 4.78 is 2.41. The minimum atomic E-state index is 1.30. The van der Waals surface area contributed by atoms with Crippen molar-refractivity contribution in [1.29, 1.82) is 0 Å². The van der Waals surface area contributed by atoms with Crippen LogP contribution in [-0.2, 0) is 0 Å². The van der Waals surface area contributed by atoms with Crippen molar-refractivity contribution in [1.82, 2.24) is 2.39 Å². The second-order valence-electron chi connectivity index (χ2n) is 0.964. The predicted molar refractivity (Wildman–Crippen MR) is 30.3 cm³/mol. The van der Waals surface area contributed by atoms with Crippen LogP contribution in [0.5, 0.6) is 0 Å². The van der Waals surface area contributed by atoms with Crippen molar-refractivity contribution >= 4 is 44.1 Å². The quantitative estimate of drug-likeness (QED) is 0.365. The fourth-order valence-corrected chi connectivity index (χ4v) is 0. The van der Waals surface area contributed by atoms with E-state index in [-0.39, 0.29) is 0 Å². The average molecular weight is 200 g/mol. The van der Waals surface area contributed by atoms with Gasteiger partial charge in [-0.05, 0) is 0 Å². The van der Waals surface area contributed by atoms with Crippen LogP contribution in [0.2, 0.25) is 0 Å². The molecule has 0 aliphatic carbocycles. The van der Waals surface area contributed by atoms with Crippen molar-refractivity contribution in [2.24, 2.45) is 0 Å². The van der Waals surface area contributed by atoms with Crippen LogP contribution < -0.4 is 0 Å². The third-order valence-electron chi connectivity index (χ3n) is 0. The van der Waals surface area contributed by atoms with Gasteiger partial charge in [-0.1, -0.05) is 0 Å². The summed E-state index contributed by atoms with van der Waals surface area (Å²) in [6, 6.07) is 0. The van der Waals surface area contributed by atoms with E-state index in [0.29, 0.717) is 0 Å². The van der Waals surface area contributed by atoms with E-state index in [1.165, 1.54) is 44.1 Å². The molecule has 0 N–H and O–H groups in total. The van der Waals surface area contributed by atoms with Crippen LogP contribution in [0.1, 0.15) is 0 Å². The summed E-state index contributed by atoms with van der Waals surface area (Å²) in [4.78, 5) is 0. The van der Waals surface area contributed by atoms with Crippen molar-refractivity contribution in [3.63, 3.8) is 0 Å². The molecular formula is H8NSbSi2. The Morgan fingerprint density at radius 2 is 1.50 bits per heavy atom. The molecule has 0 rings (SSSR count). The predicted octanol–water partition coefficient (Wildman–Crippen LogP) is -3.60. The molecule has 26 valence electrons. The van der Waals surface area contributed by atoms with E-state index in [1.54, 1.807) is 0 Å². The minimum absolute atomic E-state index is 1.30. The molecule has 0 radical (unpaired) electrons. The Labute approximate surface area is 46.6 Å². The van der Waals surface area contributed by atoms with Gasteiger partial charge in [0.25, 0.3) is 0 Å². The Balaban J connectivity index is 2.32. The number of nitrogens with zero attached hydrogens (tertiary/aromatic N) is 1. The van der Waals surface area contributed by atoms with Crippen molar-refractivity contribution < 1.29 is 0 Å². The number of rotatable bonds is 0. The summed E-state index contributed by atoms with van der Waals surface area (Å²) in [6.07, 6.45) is 0. The van der Waals surface area contributed by atoms with Gasteiger partial charge in [0, 0.05) is 0 Å². The summed E-state index contributed by atoms with van der Waals surface area (Å²) in [5.74, 6) is 0. The van der Waals surface area contributed by atoms with E-state index in [4.69, 9.17) is 0 Å². The van der Waals surface area contributed by atoms with E-state index in [2.05, 4.69) is 2.39 Å². The second kappa shape index (κ2) is 2.45. The molecule has 0 atom stereocenters. The Morgan fingerprint density at radius 3 is 1.50 bits per heavy atom. The zero-order valence-corrected chi connectivity index (χ0v) is 10.3. The van der Waals surface area contributed by atoms with Crippen LogP contribution in [0, 0.1) is 0 Å². The average Bonchev–Trinajstić information content (AvgIpc) is 0.811. The molecule has 4 heavy (non-hydrogen) atoms. The summed E-state index contributed by atoms with van der Waals surface area (Å²) in [7, 11) is 2.60. The summed E-state index contributed by atoms with van der Waals surface area (Å²) in [5, 5.41) is 0. The first-order chi connectivity index (χ1) is 1.73. The van der Waals surface area contributed by atoms with E-state index < -0.39 is 0 Å². The summed E-state index contributed by atoms with van der Waals surface area (Å²) >= 11 is 1.36. The molecular weight excluding hydrogens is 192 g/mol. The molecule has 0 aromatic carbocycles. The Kier molecular flexibility index (Phi) is 3.19. The maximum atomic E-state index is 2.41. The van der Waals surface area contributed by atoms with Gasteiger partial charge in [-0.3, -0.25) is 0 Å². The van der Waals surface area contributed by atoms with Gasteiger partial charge in [0.05, 0.1) is 0 Å². The van der Waals surface area contributed by atoms with E-state index in [0.717, 1.165) is 0 Å². The van der Waals surface area contributed by atoms with Crippen LogP contribution in [0.4, 0.5) is 0 Å². The van der Waals surface area contributed by atoms with Gasteiger partial charge in [0.15, 0.2) is 0 Å². The van der Waals surface area contributed by atoms with E-state index >= 15 is 0 Å². The van der Waals surface area contributed by atoms with Gasteiger partial charge in [-0.15, -0.1) is 0 Å². The summed E-state index contributed by atoms with van der Waals surface area (Å²) in [5.41, 5.74) is 0. The molecule has 0 aromatic rings.